The topological polar surface area (TPSA) is 15.3 Å². The largest absolute Gasteiger partial charge is 0.314 e. The lowest BCUT2D eigenvalue weighted by molar-refractivity contribution is 0.159. The molecule has 1 N–H and O–H groups in total. The fourth-order valence-corrected chi connectivity index (χ4v) is 2.93. The Morgan fingerprint density at radius 2 is 1.59 bits per heavy atom. The zero-order chi connectivity index (χ0) is 14.1. The maximum Gasteiger partial charge on any atom is 0.194 e. The number of benzene rings is 1. The maximum absolute atomic E-state index is 13.5. The van der Waals surface area contributed by atoms with Crippen molar-refractivity contribution in [2.24, 2.45) is 5.92 Å². The van der Waals surface area contributed by atoms with Crippen molar-refractivity contribution in [3.05, 3.63) is 35.1 Å². The normalized spacial score (nSPS) is 20.0. The van der Waals surface area contributed by atoms with Gasteiger partial charge in [-0.15, -0.1) is 24.8 Å². The molecule has 0 spiro atoms. The second kappa shape index (κ2) is 8.39. The van der Waals surface area contributed by atoms with Crippen molar-refractivity contribution in [1.29, 1.82) is 0 Å². The Labute approximate surface area is 141 Å². The average molecular weight is 357 g/mol. The zero-order valence-electron chi connectivity index (χ0n) is 12.2. The number of hydrogen-bond donors (Lipinski definition) is 1. The third-order valence-electron chi connectivity index (χ3n) is 4.24. The van der Waals surface area contributed by atoms with Crippen molar-refractivity contribution < 1.29 is 13.2 Å². The molecule has 0 amide bonds. The zero-order valence-corrected chi connectivity index (χ0v) is 13.8. The van der Waals surface area contributed by atoms with Gasteiger partial charge in [0.25, 0.3) is 0 Å². The smallest absolute Gasteiger partial charge is 0.194 e. The Bertz CT molecular complexity index is 469. The Hall–Kier alpha value is -0.490. The van der Waals surface area contributed by atoms with Crippen LogP contribution in [0, 0.1) is 23.4 Å². The number of rotatable bonds is 4. The van der Waals surface area contributed by atoms with Gasteiger partial charge in [-0.25, -0.2) is 13.2 Å². The van der Waals surface area contributed by atoms with Crippen molar-refractivity contribution in [3.63, 3.8) is 0 Å². The van der Waals surface area contributed by atoms with E-state index in [1.54, 1.807) is 0 Å². The van der Waals surface area contributed by atoms with E-state index >= 15 is 0 Å². The van der Waals surface area contributed by atoms with Gasteiger partial charge in [-0.3, -0.25) is 4.90 Å². The van der Waals surface area contributed by atoms with Gasteiger partial charge in [0.15, 0.2) is 17.5 Å². The van der Waals surface area contributed by atoms with Crippen molar-refractivity contribution >= 4 is 24.8 Å². The molecule has 0 unspecified atom stereocenters. The molecule has 2 aliphatic rings. The molecule has 1 saturated carbocycles. The molecule has 2 nitrogen and oxygen atoms in total. The summed E-state index contributed by atoms with van der Waals surface area (Å²) in [6, 6.07) is 2.32. The molecule has 1 aromatic rings. The molecule has 1 aromatic carbocycles. The molecular weight excluding hydrogens is 336 g/mol. The molecule has 7 heteroatoms. The standard InChI is InChI=1S/C15H19F3N2.2ClH/c16-12-8-11(9-13(17)15(12)18)14(7-10-1-2-10)20-5-3-19-4-6-20;;/h8-10,14,19H,1-7H2;2*1H/t14-;;/m0../s1. The highest BCUT2D eigenvalue weighted by molar-refractivity contribution is 5.85. The monoisotopic (exact) mass is 356 g/mol. The van der Waals surface area contributed by atoms with E-state index in [9.17, 15) is 13.2 Å². The van der Waals surface area contributed by atoms with Crippen LogP contribution in [0.3, 0.4) is 0 Å². The third kappa shape index (κ3) is 4.51. The summed E-state index contributed by atoms with van der Waals surface area (Å²) in [5.41, 5.74) is 0.565. The van der Waals surface area contributed by atoms with Crippen LogP contribution >= 0.6 is 24.8 Å². The minimum absolute atomic E-state index is 0. The highest BCUT2D eigenvalue weighted by atomic mass is 35.5. The Balaban J connectivity index is 0.00000121. The molecule has 0 aromatic heterocycles. The van der Waals surface area contributed by atoms with E-state index in [-0.39, 0.29) is 30.9 Å². The quantitative estimate of drug-likeness (QED) is 0.827. The molecule has 126 valence electrons. The number of nitrogens with one attached hydrogen (secondary N) is 1. The first-order valence-electron chi connectivity index (χ1n) is 7.24. The molecule has 2 fully saturated rings. The Kier molecular flexibility index (Phi) is 7.46. The number of halogens is 5. The summed E-state index contributed by atoms with van der Waals surface area (Å²) in [6.07, 6.45) is 3.29. The molecule has 22 heavy (non-hydrogen) atoms. The second-order valence-electron chi connectivity index (χ2n) is 5.78. The van der Waals surface area contributed by atoms with Crippen LogP contribution in [0.4, 0.5) is 13.2 Å². The summed E-state index contributed by atoms with van der Waals surface area (Å²) in [6.45, 7) is 3.48. The van der Waals surface area contributed by atoms with Crippen molar-refractivity contribution in [1.82, 2.24) is 10.2 Å². The predicted octanol–water partition coefficient (Wildman–Crippen LogP) is 3.69. The van der Waals surface area contributed by atoms with Gasteiger partial charge in [-0.05, 0) is 30.0 Å². The molecule has 1 aliphatic heterocycles. The Morgan fingerprint density at radius 1 is 1.05 bits per heavy atom. The van der Waals surface area contributed by atoms with Crippen LogP contribution in [-0.2, 0) is 0 Å². The highest BCUT2D eigenvalue weighted by Crippen LogP contribution is 2.40. The lowest BCUT2D eigenvalue weighted by Gasteiger charge is -2.35. The van der Waals surface area contributed by atoms with E-state index in [1.807, 2.05) is 0 Å². The average Bonchev–Trinajstić information content (AvgIpc) is 3.27. The summed E-state index contributed by atoms with van der Waals surface area (Å²) in [5, 5.41) is 3.27. The first-order chi connectivity index (χ1) is 9.65. The SMILES string of the molecule is Cl.Cl.Fc1cc([C@H](CC2CC2)N2CCNCC2)cc(F)c1F. The van der Waals surface area contributed by atoms with Gasteiger partial charge < -0.3 is 5.32 Å². The van der Waals surface area contributed by atoms with E-state index < -0.39 is 17.5 Å². The summed E-state index contributed by atoms with van der Waals surface area (Å²) in [4.78, 5) is 2.25. The van der Waals surface area contributed by atoms with Crippen LogP contribution in [0.1, 0.15) is 30.9 Å². The summed E-state index contributed by atoms with van der Waals surface area (Å²) < 4.78 is 40.1. The van der Waals surface area contributed by atoms with E-state index in [1.165, 1.54) is 12.8 Å². The van der Waals surface area contributed by atoms with Crippen molar-refractivity contribution in [3.8, 4) is 0 Å². The van der Waals surface area contributed by atoms with Gasteiger partial charge in [0, 0.05) is 32.2 Å². The van der Waals surface area contributed by atoms with E-state index in [2.05, 4.69) is 10.2 Å². The van der Waals surface area contributed by atoms with Crippen molar-refractivity contribution in [2.45, 2.75) is 25.3 Å². The van der Waals surface area contributed by atoms with E-state index in [4.69, 9.17) is 0 Å². The third-order valence-corrected chi connectivity index (χ3v) is 4.24. The first-order valence-corrected chi connectivity index (χ1v) is 7.24. The predicted molar refractivity (Wildman–Crippen MR) is 85.3 cm³/mol. The van der Waals surface area contributed by atoms with Gasteiger partial charge in [0.2, 0.25) is 0 Å². The van der Waals surface area contributed by atoms with Crippen LogP contribution in [0.2, 0.25) is 0 Å². The minimum Gasteiger partial charge on any atom is -0.314 e. The molecular formula is C15H21Cl2F3N2. The van der Waals surface area contributed by atoms with Gasteiger partial charge in [0.05, 0.1) is 0 Å². The van der Waals surface area contributed by atoms with E-state index in [0.717, 1.165) is 44.7 Å². The van der Waals surface area contributed by atoms with Gasteiger partial charge in [-0.2, -0.15) is 0 Å². The maximum atomic E-state index is 13.5. The number of nitrogens with zero attached hydrogens (tertiary/aromatic N) is 1. The summed E-state index contributed by atoms with van der Waals surface area (Å²) >= 11 is 0. The number of piperazine rings is 1. The number of hydrogen-bond acceptors (Lipinski definition) is 2. The van der Waals surface area contributed by atoms with Crippen molar-refractivity contribution in [2.75, 3.05) is 26.2 Å². The fraction of sp³-hybridized carbons (Fsp3) is 0.600. The minimum atomic E-state index is -1.38. The van der Waals surface area contributed by atoms with Crippen LogP contribution in [0.25, 0.3) is 0 Å². The van der Waals surface area contributed by atoms with Gasteiger partial charge in [0.1, 0.15) is 0 Å². The molecule has 1 heterocycles. The van der Waals surface area contributed by atoms with Crippen LogP contribution in [-0.4, -0.2) is 31.1 Å². The highest BCUT2D eigenvalue weighted by Gasteiger charge is 2.31. The summed E-state index contributed by atoms with van der Waals surface area (Å²) in [7, 11) is 0. The lowest BCUT2D eigenvalue weighted by Crippen LogP contribution is -2.45. The van der Waals surface area contributed by atoms with Crippen LogP contribution in [0.5, 0.6) is 0 Å². The van der Waals surface area contributed by atoms with Crippen LogP contribution < -0.4 is 5.32 Å². The van der Waals surface area contributed by atoms with Gasteiger partial charge in [-0.1, -0.05) is 12.8 Å². The molecule has 3 rings (SSSR count). The first kappa shape index (κ1) is 19.6. The molecule has 1 atom stereocenters. The fourth-order valence-electron chi connectivity index (χ4n) is 2.93. The van der Waals surface area contributed by atoms with E-state index in [0.29, 0.717) is 11.5 Å². The Morgan fingerprint density at radius 3 is 2.09 bits per heavy atom. The van der Waals surface area contributed by atoms with Gasteiger partial charge >= 0.3 is 0 Å². The molecule has 0 bridgehead atoms. The van der Waals surface area contributed by atoms with Crippen LogP contribution in [0.15, 0.2) is 12.1 Å². The molecule has 1 saturated heterocycles. The lowest BCUT2D eigenvalue weighted by atomic mass is 9.98. The summed E-state index contributed by atoms with van der Waals surface area (Å²) in [5.74, 6) is -2.91. The molecule has 0 radical (unpaired) electrons. The second-order valence-corrected chi connectivity index (χ2v) is 5.78. The molecule has 1 aliphatic carbocycles.